The zero-order valence-electron chi connectivity index (χ0n) is 11.5. The second-order valence-electron chi connectivity index (χ2n) is 4.02. The van der Waals surface area contributed by atoms with E-state index in [1.165, 1.54) is 0 Å². The minimum absolute atomic E-state index is 0.00401. The van der Waals surface area contributed by atoms with Crippen LogP contribution >= 0.6 is 11.8 Å². The number of hydrogen-bond acceptors (Lipinski definition) is 6. The lowest BCUT2D eigenvalue weighted by Crippen LogP contribution is -2.19. The number of rotatable bonds is 3. The molecule has 0 bridgehead atoms. The van der Waals surface area contributed by atoms with E-state index in [1.807, 2.05) is 0 Å². The van der Waals surface area contributed by atoms with Crippen molar-refractivity contribution in [1.82, 2.24) is 5.32 Å². The smallest absolute Gasteiger partial charge is 0.331 e. The van der Waals surface area contributed by atoms with Gasteiger partial charge in [-0.2, -0.15) is 5.10 Å². The third-order valence-electron chi connectivity index (χ3n) is 2.48. The number of amides is 1. The fourth-order valence-corrected chi connectivity index (χ4v) is 2.20. The van der Waals surface area contributed by atoms with Crippen molar-refractivity contribution in [2.75, 3.05) is 7.11 Å². The van der Waals surface area contributed by atoms with E-state index in [0.29, 0.717) is 12.1 Å². The van der Waals surface area contributed by atoms with Gasteiger partial charge < -0.3 is 4.74 Å². The monoisotopic (exact) mass is 343 g/mol. The van der Waals surface area contributed by atoms with E-state index in [2.05, 4.69) is 20.3 Å². The maximum absolute atomic E-state index is 13.4. The fraction of sp³-hybridized carbons (Fsp3) is 0.0769. The first-order valence-corrected chi connectivity index (χ1v) is 6.76. The Hall–Kier alpha value is -2.62. The first-order chi connectivity index (χ1) is 10.9. The molecule has 0 saturated carbocycles. The molecule has 0 aromatic heterocycles. The maximum Gasteiger partial charge on any atom is 0.331 e. The topological polar surface area (TPSA) is 80.1 Å². The van der Waals surface area contributed by atoms with Crippen molar-refractivity contribution in [1.29, 1.82) is 0 Å². The third kappa shape index (κ3) is 4.19. The first-order valence-electron chi connectivity index (χ1n) is 5.95. The van der Waals surface area contributed by atoms with Gasteiger partial charge in [0, 0.05) is 18.2 Å². The number of benzene rings is 1. The molecule has 1 aliphatic heterocycles. The molecule has 1 aliphatic rings. The molecular formula is C13H8F3N3O3S. The Labute approximate surface area is 132 Å². The Morgan fingerprint density at radius 3 is 2.57 bits per heavy atom. The lowest BCUT2D eigenvalue weighted by Gasteiger charge is -1.98. The number of nitrogens with zero attached hydrogens (tertiary/aromatic N) is 2. The molecule has 1 N–H and O–H groups in total. The molecule has 0 atom stereocenters. The van der Waals surface area contributed by atoms with E-state index in [0.717, 1.165) is 31.2 Å². The molecule has 0 unspecified atom stereocenters. The number of carbonyl (C=O) groups is 2. The van der Waals surface area contributed by atoms with Crippen molar-refractivity contribution >= 4 is 35.0 Å². The number of ether oxygens (including phenoxy) is 1. The molecule has 1 saturated heterocycles. The Morgan fingerprint density at radius 1 is 1.30 bits per heavy atom. The van der Waals surface area contributed by atoms with Gasteiger partial charge in [0.25, 0.3) is 5.91 Å². The molecule has 1 heterocycles. The molecule has 120 valence electrons. The van der Waals surface area contributed by atoms with Gasteiger partial charge in [0.2, 0.25) is 0 Å². The van der Waals surface area contributed by atoms with Crippen LogP contribution in [-0.2, 0) is 14.3 Å². The van der Waals surface area contributed by atoms with Crippen LogP contribution in [0.5, 0.6) is 0 Å². The summed E-state index contributed by atoms with van der Waals surface area (Å²) in [5.41, 5.74) is -0.574. The average molecular weight is 343 g/mol. The Kier molecular flexibility index (Phi) is 5.16. The third-order valence-corrected chi connectivity index (χ3v) is 3.38. The summed E-state index contributed by atoms with van der Waals surface area (Å²) in [4.78, 5) is 22.6. The van der Waals surface area contributed by atoms with Crippen molar-refractivity contribution in [3.05, 3.63) is 46.1 Å². The maximum atomic E-state index is 13.4. The van der Waals surface area contributed by atoms with Crippen LogP contribution in [0.15, 0.2) is 33.3 Å². The van der Waals surface area contributed by atoms with Gasteiger partial charge in [-0.1, -0.05) is 0 Å². The van der Waals surface area contributed by atoms with Gasteiger partial charge >= 0.3 is 5.97 Å². The second kappa shape index (κ2) is 7.09. The van der Waals surface area contributed by atoms with E-state index in [1.54, 1.807) is 0 Å². The van der Waals surface area contributed by atoms with E-state index < -0.39 is 34.9 Å². The molecule has 0 aliphatic carbocycles. The minimum Gasteiger partial charge on any atom is -0.466 e. The number of hydrogen-bond donors (Lipinski definition) is 1. The summed E-state index contributed by atoms with van der Waals surface area (Å²) >= 11 is 0.797. The molecule has 0 radical (unpaired) electrons. The quantitative estimate of drug-likeness (QED) is 0.392. The zero-order chi connectivity index (χ0) is 17.0. The lowest BCUT2D eigenvalue weighted by molar-refractivity contribution is -0.135. The molecule has 2 rings (SSSR count). The summed E-state index contributed by atoms with van der Waals surface area (Å²) in [5, 5.41) is 9.28. The molecule has 10 heteroatoms. The van der Waals surface area contributed by atoms with Gasteiger partial charge in [-0.15, -0.1) is 5.10 Å². The highest BCUT2D eigenvalue weighted by atomic mass is 32.2. The van der Waals surface area contributed by atoms with E-state index in [-0.39, 0.29) is 10.1 Å². The standard InChI is InChI=1S/C13H8F3N3O3S/c1-22-11(20)4-10-12(21)18-13(23-10)19-17-5-7-8(15)2-6(14)3-9(7)16/h2-5H,1H3,(H,18,19,21)/b10-4+,17-5?. The van der Waals surface area contributed by atoms with Crippen LogP contribution in [-0.4, -0.2) is 30.4 Å². The SMILES string of the molecule is COC(=O)/C=C1/S/C(=N\N=Cc2c(F)cc(F)cc2F)NC1=O. The molecule has 1 amide bonds. The van der Waals surface area contributed by atoms with E-state index in [9.17, 15) is 22.8 Å². The molecule has 1 aromatic carbocycles. The molecule has 0 spiro atoms. The predicted molar refractivity (Wildman–Crippen MR) is 77.2 cm³/mol. The van der Waals surface area contributed by atoms with E-state index >= 15 is 0 Å². The van der Waals surface area contributed by atoms with Crippen molar-refractivity contribution in [2.24, 2.45) is 10.2 Å². The molecular weight excluding hydrogens is 335 g/mol. The van der Waals surface area contributed by atoms with Crippen LogP contribution in [0, 0.1) is 17.5 Å². The van der Waals surface area contributed by atoms with Gasteiger partial charge in [-0.05, 0) is 11.8 Å². The highest BCUT2D eigenvalue weighted by molar-refractivity contribution is 8.18. The Balaban J connectivity index is 2.14. The van der Waals surface area contributed by atoms with Crippen molar-refractivity contribution < 1.29 is 27.5 Å². The van der Waals surface area contributed by atoms with Crippen LogP contribution in [0.2, 0.25) is 0 Å². The van der Waals surface area contributed by atoms with Crippen LogP contribution in [0.1, 0.15) is 5.56 Å². The number of halogens is 3. The highest BCUT2D eigenvalue weighted by Gasteiger charge is 2.25. The molecule has 1 aromatic rings. The minimum atomic E-state index is -1.14. The number of methoxy groups -OCH3 is 1. The number of esters is 1. The molecule has 23 heavy (non-hydrogen) atoms. The first kappa shape index (κ1) is 16.7. The van der Waals surface area contributed by atoms with Gasteiger partial charge in [0.05, 0.1) is 23.8 Å². The zero-order valence-corrected chi connectivity index (χ0v) is 12.3. The van der Waals surface area contributed by atoms with Crippen molar-refractivity contribution in [3.63, 3.8) is 0 Å². The van der Waals surface area contributed by atoms with Crippen molar-refractivity contribution in [3.8, 4) is 0 Å². The van der Waals surface area contributed by atoms with Gasteiger partial charge in [-0.25, -0.2) is 18.0 Å². The van der Waals surface area contributed by atoms with Gasteiger partial charge in [0.1, 0.15) is 17.5 Å². The summed E-state index contributed by atoms with van der Waals surface area (Å²) in [6.45, 7) is 0. The number of thioether (sulfide) groups is 1. The Morgan fingerprint density at radius 2 is 1.96 bits per heavy atom. The summed E-state index contributed by atoms with van der Waals surface area (Å²) in [7, 11) is 1.15. The van der Waals surface area contributed by atoms with E-state index in [4.69, 9.17) is 0 Å². The number of amidine groups is 1. The number of carbonyl (C=O) groups excluding carboxylic acids is 2. The summed E-state index contributed by atoms with van der Waals surface area (Å²) in [6.07, 6.45) is 1.71. The molecule has 1 fully saturated rings. The summed E-state index contributed by atoms with van der Waals surface area (Å²) in [5.74, 6) is -4.64. The number of nitrogens with one attached hydrogen (secondary N) is 1. The Bertz CT molecular complexity index is 739. The van der Waals surface area contributed by atoms with Crippen LogP contribution in [0.25, 0.3) is 0 Å². The summed E-state index contributed by atoms with van der Waals surface area (Å²) < 4.78 is 43.9. The van der Waals surface area contributed by atoms with Crippen molar-refractivity contribution in [2.45, 2.75) is 0 Å². The van der Waals surface area contributed by atoms with Gasteiger partial charge in [0.15, 0.2) is 5.17 Å². The molecule has 6 nitrogen and oxygen atoms in total. The average Bonchev–Trinajstić information content (AvgIpc) is 2.81. The highest BCUT2D eigenvalue weighted by Crippen LogP contribution is 2.23. The lowest BCUT2D eigenvalue weighted by atomic mass is 10.2. The largest absolute Gasteiger partial charge is 0.466 e. The van der Waals surface area contributed by atoms with Crippen LogP contribution in [0.3, 0.4) is 0 Å². The second-order valence-corrected chi connectivity index (χ2v) is 5.05. The van der Waals surface area contributed by atoms with Gasteiger partial charge in [-0.3, -0.25) is 10.1 Å². The fourth-order valence-electron chi connectivity index (χ4n) is 1.46. The van der Waals surface area contributed by atoms with Crippen LogP contribution in [0.4, 0.5) is 13.2 Å². The van der Waals surface area contributed by atoms with Crippen LogP contribution < -0.4 is 5.32 Å². The predicted octanol–water partition coefficient (Wildman–Crippen LogP) is 1.71. The summed E-state index contributed by atoms with van der Waals surface area (Å²) in [6, 6.07) is 1.00. The normalized spacial score (nSPS) is 18.0.